The van der Waals surface area contributed by atoms with Crippen molar-refractivity contribution in [1.82, 2.24) is 0 Å². The molecule has 3 aromatic carbocycles. The number of carbonyl (C=O) groups is 4. The summed E-state index contributed by atoms with van der Waals surface area (Å²) < 4.78 is 42.0. The maximum Gasteiger partial charge on any atom is 0.349 e. The Balaban J connectivity index is 1.81. The van der Waals surface area contributed by atoms with Gasteiger partial charge in [0.15, 0.2) is 0 Å². The van der Waals surface area contributed by atoms with Crippen molar-refractivity contribution < 1.29 is 67.3 Å². The van der Waals surface area contributed by atoms with Crippen LogP contribution in [0.3, 0.4) is 0 Å². The van der Waals surface area contributed by atoms with Gasteiger partial charge in [0.05, 0.1) is 39.8 Å². The second-order valence-electron chi connectivity index (χ2n) is 12.4. The number of anilines is 2. The molecule has 0 saturated heterocycles. The Hall–Kier alpha value is -7.80. The number of benzene rings is 3. The van der Waals surface area contributed by atoms with E-state index in [0.29, 0.717) is 34.0 Å². The van der Waals surface area contributed by atoms with Gasteiger partial charge in [-0.1, -0.05) is 37.4 Å². The Labute approximate surface area is 358 Å². The summed E-state index contributed by atoms with van der Waals surface area (Å²) in [4.78, 5) is 50.8. The molecule has 0 fully saturated rings. The Morgan fingerprint density at radius 2 is 0.919 bits per heavy atom. The molecule has 62 heavy (non-hydrogen) atoms. The fraction of sp³-hybridized carbons (Fsp3) is 0.273. The second-order valence-corrected chi connectivity index (χ2v) is 12.4. The number of nitrogens with zero attached hydrogens (tertiary/aromatic N) is 4. The van der Waals surface area contributed by atoms with Crippen LogP contribution in [0.2, 0.25) is 0 Å². The molecule has 0 spiro atoms. The van der Waals surface area contributed by atoms with Crippen LogP contribution in [0.25, 0.3) is 12.2 Å². The summed E-state index contributed by atoms with van der Waals surface area (Å²) in [5.41, 5.74) is 2.37. The Kier molecular flexibility index (Phi) is 19.6. The van der Waals surface area contributed by atoms with E-state index in [1.54, 1.807) is 34.1 Å². The zero-order chi connectivity index (χ0) is 45.6. The van der Waals surface area contributed by atoms with Gasteiger partial charge in [-0.2, -0.15) is 10.5 Å². The SMILES string of the molecule is C=CC(=O)OCCOC(=O)C(C#N)=Cc1cc(OC)c(N(CO)Cc2ccc(CN(CO)c3cc(OC)c(C=C(C#N)C(=O)OCCOC(=O)C=C)cc3OC)cc2)cc1OC. The average Bonchev–Trinajstić information content (AvgIpc) is 3.30. The van der Waals surface area contributed by atoms with E-state index in [1.165, 1.54) is 52.7 Å². The summed E-state index contributed by atoms with van der Waals surface area (Å²) in [6.07, 6.45) is 4.46. The number of hydrogen-bond acceptors (Lipinski definition) is 18. The largest absolute Gasteiger partial charge is 0.496 e. The summed E-state index contributed by atoms with van der Waals surface area (Å²) in [5, 5.41) is 40.3. The zero-order valence-electron chi connectivity index (χ0n) is 34.6. The van der Waals surface area contributed by atoms with Gasteiger partial charge in [-0.25, -0.2) is 19.2 Å². The van der Waals surface area contributed by atoms with E-state index in [9.17, 15) is 39.9 Å². The number of methoxy groups -OCH3 is 4. The molecule has 0 amide bonds. The monoisotopic (exact) mass is 854 g/mol. The first-order valence-electron chi connectivity index (χ1n) is 18.4. The lowest BCUT2D eigenvalue weighted by Gasteiger charge is -2.26. The van der Waals surface area contributed by atoms with E-state index in [2.05, 4.69) is 13.2 Å². The third-order valence-corrected chi connectivity index (χ3v) is 8.59. The van der Waals surface area contributed by atoms with Crippen LogP contribution in [0, 0.1) is 22.7 Å². The fourth-order valence-electron chi connectivity index (χ4n) is 5.56. The van der Waals surface area contributed by atoms with Crippen LogP contribution in [0.15, 0.2) is 85.0 Å². The van der Waals surface area contributed by atoms with Crippen molar-refractivity contribution in [2.45, 2.75) is 13.1 Å². The van der Waals surface area contributed by atoms with Gasteiger partial charge in [0.1, 0.15) is 86.2 Å². The van der Waals surface area contributed by atoms with Crippen molar-refractivity contribution >= 4 is 47.4 Å². The van der Waals surface area contributed by atoms with E-state index in [1.807, 2.05) is 24.3 Å². The number of nitriles is 2. The van der Waals surface area contributed by atoms with Gasteiger partial charge in [-0.3, -0.25) is 0 Å². The van der Waals surface area contributed by atoms with Gasteiger partial charge in [0, 0.05) is 48.5 Å². The molecule has 3 aromatic rings. The lowest BCUT2D eigenvalue weighted by Crippen LogP contribution is -2.25. The summed E-state index contributed by atoms with van der Waals surface area (Å²) in [7, 11) is 5.64. The van der Waals surface area contributed by atoms with Crippen LogP contribution in [0.5, 0.6) is 23.0 Å². The molecule has 0 radical (unpaired) electrons. The van der Waals surface area contributed by atoms with Gasteiger partial charge in [0.2, 0.25) is 0 Å². The number of ether oxygens (including phenoxy) is 8. The summed E-state index contributed by atoms with van der Waals surface area (Å²) in [6.45, 7) is 5.10. The number of rotatable bonds is 24. The summed E-state index contributed by atoms with van der Waals surface area (Å²) >= 11 is 0. The molecule has 18 heteroatoms. The highest BCUT2D eigenvalue weighted by Gasteiger charge is 2.21. The number of aliphatic hydroxyl groups excluding tert-OH is 2. The normalized spacial score (nSPS) is 10.8. The minimum absolute atomic E-state index is 0.211. The highest BCUT2D eigenvalue weighted by molar-refractivity contribution is 5.99. The third kappa shape index (κ3) is 13.6. The zero-order valence-corrected chi connectivity index (χ0v) is 34.6. The molecule has 0 unspecified atom stereocenters. The molecular weight excluding hydrogens is 808 g/mol. The molecule has 2 N–H and O–H groups in total. The minimum atomic E-state index is -0.949. The minimum Gasteiger partial charge on any atom is -0.496 e. The molecule has 0 aliphatic carbocycles. The topological polar surface area (TPSA) is 237 Å². The van der Waals surface area contributed by atoms with Crippen LogP contribution in [0.1, 0.15) is 22.3 Å². The van der Waals surface area contributed by atoms with Crippen LogP contribution in [0.4, 0.5) is 11.4 Å². The lowest BCUT2D eigenvalue weighted by molar-refractivity contribution is -0.146. The van der Waals surface area contributed by atoms with Crippen molar-refractivity contribution in [3.63, 3.8) is 0 Å². The predicted molar refractivity (Wildman–Crippen MR) is 223 cm³/mol. The maximum atomic E-state index is 12.6. The third-order valence-electron chi connectivity index (χ3n) is 8.59. The second kappa shape index (κ2) is 25.0. The average molecular weight is 855 g/mol. The molecule has 0 aliphatic rings. The van der Waals surface area contributed by atoms with Gasteiger partial charge in [-0.05, 0) is 35.4 Å². The van der Waals surface area contributed by atoms with Crippen molar-refractivity contribution in [2.75, 3.05) is 78.1 Å². The molecule has 0 heterocycles. The standard InChI is InChI=1S/C44H46N4O14/c1-7-41(51)59-13-15-61-43(53)33(23-45)17-31-19-39(57-5)35(21-37(31)55-3)47(27-49)25-29-9-11-30(12-10-29)26-48(28-50)36-22-38(56-4)32(20-40(36)58-6)18-34(24-46)44(54)62-16-14-60-42(52)8-2/h7-12,17-22,49-50H,1-2,13-16,25-28H2,3-6H3. The molecule has 326 valence electrons. The lowest BCUT2D eigenvalue weighted by atomic mass is 10.1. The highest BCUT2D eigenvalue weighted by Crippen LogP contribution is 2.39. The number of aliphatic hydroxyl groups is 2. The summed E-state index contributed by atoms with van der Waals surface area (Å²) in [5.74, 6) is -2.18. The molecule has 0 atom stereocenters. The van der Waals surface area contributed by atoms with Crippen LogP contribution < -0.4 is 28.7 Å². The van der Waals surface area contributed by atoms with Gasteiger partial charge >= 0.3 is 23.9 Å². The molecule has 0 aliphatic heterocycles. The number of esters is 4. The van der Waals surface area contributed by atoms with E-state index in [4.69, 9.17) is 37.9 Å². The van der Waals surface area contributed by atoms with Crippen LogP contribution in [-0.2, 0) is 51.2 Å². The molecule has 0 aromatic heterocycles. The van der Waals surface area contributed by atoms with Crippen molar-refractivity contribution in [1.29, 1.82) is 10.5 Å². The molecule has 0 bridgehead atoms. The van der Waals surface area contributed by atoms with Gasteiger partial charge in [0.25, 0.3) is 0 Å². The number of hydrogen-bond donors (Lipinski definition) is 2. The molecule has 0 saturated carbocycles. The Morgan fingerprint density at radius 3 is 1.21 bits per heavy atom. The Bertz CT molecular complexity index is 2080. The number of carbonyl (C=O) groups excluding carboxylic acids is 4. The smallest absolute Gasteiger partial charge is 0.349 e. The van der Waals surface area contributed by atoms with Crippen LogP contribution in [-0.4, -0.2) is 102 Å². The van der Waals surface area contributed by atoms with Crippen molar-refractivity contribution in [2.24, 2.45) is 0 Å². The van der Waals surface area contributed by atoms with Crippen molar-refractivity contribution in [3.8, 4) is 35.1 Å². The Morgan fingerprint density at radius 1 is 0.581 bits per heavy atom. The van der Waals surface area contributed by atoms with E-state index in [0.717, 1.165) is 23.3 Å². The van der Waals surface area contributed by atoms with Crippen molar-refractivity contribution in [3.05, 3.63) is 107 Å². The fourth-order valence-corrected chi connectivity index (χ4v) is 5.56. The molecule has 18 nitrogen and oxygen atoms in total. The maximum absolute atomic E-state index is 12.6. The first kappa shape index (κ1) is 48.6. The quantitative estimate of drug-likeness (QED) is 0.0323. The van der Waals surface area contributed by atoms with E-state index >= 15 is 0 Å². The first-order valence-corrected chi connectivity index (χ1v) is 18.4. The predicted octanol–water partition coefficient (Wildman–Crippen LogP) is 3.99. The van der Waals surface area contributed by atoms with Crippen LogP contribution >= 0.6 is 0 Å². The first-order chi connectivity index (χ1) is 29.9. The summed E-state index contributed by atoms with van der Waals surface area (Å²) in [6, 6.07) is 17.2. The molecular formula is C44H46N4O14. The highest BCUT2D eigenvalue weighted by atomic mass is 16.6. The van der Waals surface area contributed by atoms with E-state index < -0.39 is 37.3 Å². The van der Waals surface area contributed by atoms with Gasteiger partial charge < -0.3 is 57.9 Å². The van der Waals surface area contributed by atoms with Gasteiger partial charge in [-0.15, -0.1) is 0 Å². The molecule has 3 rings (SSSR count). The van der Waals surface area contributed by atoms with E-state index in [-0.39, 0.29) is 62.2 Å².